The van der Waals surface area contributed by atoms with Gasteiger partial charge in [0, 0.05) is 6.54 Å². The average Bonchev–Trinajstić information content (AvgIpc) is 2.68. The number of benzene rings is 2. The Morgan fingerprint density at radius 3 is 2.64 bits per heavy atom. The third kappa shape index (κ3) is 4.49. The first kappa shape index (κ1) is 19.4. The minimum Gasteiger partial charge on any atom is -0.495 e. The van der Waals surface area contributed by atoms with Gasteiger partial charge in [0.2, 0.25) is 17.7 Å². The van der Waals surface area contributed by atoms with Crippen LogP contribution in [0.4, 0.5) is 5.69 Å². The third-order valence-corrected chi connectivity index (χ3v) is 4.60. The topological polar surface area (TPSA) is 87.7 Å². The second kappa shape index (κ2) is 8.56. The van der Waals surface area contributed by atoms with Crippen LogP contribution in [0.25, 0.3) is 0 Å². The van der Waals surface area contributed by atoms with Gasteiger partial charge in [-0.15, -0.1) is 0 Å². The van der Waals surface area contributed by atoms with Gasteiger partial charge >= 0.3 is 0 Å². The molecule has 2 aromatic carbocycles. The van der Waals surface area contributed by atoms with Crippen molar-refractivity contribution in [2.45, 2.75) is 25.9 Å². The molecule has 1 atom stereocenters. The molecule has 2 aromatic rings. The Morgan fingerprint density at radius 1 is 1.18 bits per heavy atom. The van der Waals surface area contributed by atoms with Crippen LogP contribution in [0, 0.1) is 6.92 Å². The maximum atomic E-state index is 12.8. The normalized spacial score (nSPS) is 16.5. The Kier molecular flexibility index (Phi) is 5.93. The highest BCUT2D eigenvalue weighted by molar-refractivity contribution is 6.00. The zero-order valence-electron chi connectivity index (χ0n) is 15.9. The summed E-state index contributed by atoms with van der Waals surface area (Å²) in [6, 6.07) is 14.0. The first-order chi connectivity index (χ1) is 13.5. The smallest absolute Gasteiger partial charge is 0.246 e. The number of aryl methyl sites for hydroxylation is 1. The molecular formula is C21H23N3O4. The fraction of sp³-hybridized carbons (Fsp3) is 0.286. The summed E-state index contributed by atoms with van der Waals surface area (Å²) in [5, 5.41) is 5.41. The second-order valence-electron chi connectivity index (χ2n) is 6.70. The number of carbonyl (C=O) groups is 3. The summed E-state index contributed by atoms with van der Waals surface area (Å²) in [4.78, 5) is 38.8. The molecule has 146 valence electrons. The molecule has 28 heavy (non-hydrogen) atoms. The van der Waals surface area contributed by atoms with Gasteiger partial charge in [0.15, 0.2) is 0 Å². The fourth-order valence-electron chi connectivity index (χ4n) is 3.20. The van der Waals surface area contributed by atoms with Gasteiger partial charge in [0.05, 0.1) is 25.8 Å². The van der Waals surface area contributed by atoms with Gasteiger partial charge in [-0.25, -0.2) is 0 Å². The number of hydrogen-bond donors (Lipinski definition) is 2. The van der Waals surface area contributed by atoms with Gasteiger partial charge in [0.1, 0.15) is 11.8 Å². The zero-order valence-corrected chi connectivity index (χ0v) is 15.9. The monoisotopic (exact) mass is 381 g/mol. The van der Waals surface area contributed by atoms with E-state index in [4.69, 9.17) is 4.74 Å². The molecule has 7 heteroatoms. The van der Waals surface area contributed by atoms with E-state index < -0.39 is 6.04 Å². The van der Waals surface area contributed by atoms with E-state index in [9.17, 15) is 14.4 Å². The van der Waals surface area contributed by atoms with E-state index in [1.54, 1.807) is 6.07 Å². The Labute approximate surface area is 163 Å². The molecule has 0 aromatic heterocycles. The zero-order chi connectivity index (χ0) is 20.1. The van der Waals surface area contributed by atoms with Crippen molar-refractivity contribution >= 4 is 23.4 Å². The molecule has 1 heterocycles. The molecule has 0 aliphatic carbocycles. The van der Waals surface area contributed by atoms with Gasteiger partial charge in [-0.05, 0) is 24.1 Å². The van der Waals surface area contributed by atoms with E-state index in [-0.39, 0.29) is 30.7 Å². The van der Waals surface area contributed by atoms with E-state index in [0.29, 0.717) is 18.0 Å². The predicted octanol–water partition coefficient (Wildman–Crippen LogP) is 1.86. The maximum Gasteiger partial charge on any atom is 0.246 e. The minimum absolute atomic E-state index is 0.0164. The molecular weight excluding hydrogens is 358 g/mol. The molecule has 0 radical (unpaired) electrons. The number of methoxy groups -OCH3 is 1. The van der Waals surface area contributed by atoms with Crippen LogP contribution in [0.3, 0.4) is 0 Å². The number of nitrogens with zero attached hydrogens (tertiary/aromatic N) is 1. The number of anilines is 1. The first-order valence-corrected chi connectivity index (χ1v) is 9.03. The van der Waals surface area contributed by atoms with Crippen LogP contribution in [0.1, 0.15) is 17.5 Å². The SMILES string of the molecule is COc1cccc(C)c1NC(=O)CC1NC(=O)CN(Cc2ccccc2)C1=O. The van der Waals surface area contributed by atoms with Gasteiger partial charge in [-0.1, -0.05) is 42.5 Å². The number of nitrogens with one attached hydrogen (secondary N) is 2. The van der Waals surface area contributed by atoms with Crippen LogP contribution in [0.2, 0.25) is 0 Å². The summed E-state index contributed by atoms with van der Waals surface area (Å²) in [5.41, 5.74) is 2.33. The molecule has 2 N–H and O–H groups in total. The molecule has 1 aliphatic heterocycles. The van der Waals surface area contributed by atoms with Gasteiger partial charge in [-0.3, -0.25) is 14.4 Å². The third-order valence-electron chi connectivity index (χ3n) is 4.60. The molecule has 0 saturated carbocycles. The highest BCUT2D eigenvalue weighted by Gasteiger charge is 2.34. The van der Waals surface area contributed by atoms with Crippen molar-refractivity contribution in [3.63, 3.8) is 0 Å². The predicted molar refractivity (Wildman–Crippen MR) is 105 cm³/mol. The summed E-state index contributed by atoms with van der Waals surface area (Å²) >= 11 is 0. The number of para-hydroxylation sites is 1. The lowest BCUT2D eigenvalue weighted by atomic mass is 10.1. The van der Waals surface area contributed by atoms with Crippen LogP contribution in [-0.4, -0.2) is 42.3 Å². The second-order valence-corrected chi connectivity index (χ2v) is 6.70. The van der Waals surface area contributed by atoms with Crippen molar-refractivity contribution in [3.8, 4) is 5.75 Å². The van der Waals surface area contributed by atoms with Crippen LogP contribution >= 0.6 is 0 Å². The lowest BCUT2D eigenvalue weighted by Gasteiger charge is -2.32. The van der Waals surface area contributed by atoms with Crippen LogP contribution in [0.5, 0.6) is 5.75 Å². The van der Waals surface area contributed by atoms with E-state index in [1.165, 1.54) is 12.0 Å². The number of rotatable bonds is 6. The number of ether oxygens (including phenoxy) is 1. The Hall–Kier alpha value is -3.35. The first-order valence-electron chi connectivity index (χ1n) is 9.03. The average molecular weight is 381 g/mol. The largest absolute Gasteiger partial charge is 0.495 e. The van der Waals surface area contributed by atoms with E-state index in [1.807, 2.05) is 49.4 Å². The van der Waals surface area contributed by atoms with Crippen LogP contribution in [-0.2, 0) is 20.9 Å². The van der Waals surface area contributed by atoms with Crippen molar-refractivity contribution in [2.75, 3.05) is 19.0 Å². The van der Waals surface area contributed by atoms with E-state index in [0.717, 1.165) is 11.1 Å². The highest BCUT2D eigenvalue weighted by Crippen LogP contribution is 2.28. The van der Waals surface area contributed by atoms with Gasteiger partial charge in [-0.2, -0.15) is 0 Å². The summed E-state index contributed by atoms with van der Waals surface area (Å²) in [5.74, 6) is -0.372. The minimum atomic E-state index is -0.889. The lowest BCUT2D eigenvalue weighted by Crippen LogP contribution is -2.58. The van der Waals surface area contributed by atoms with E-state index >= 15 is 0 Å². The number of amides is 3. The number of piperazine rings is 1. The van der Waals surface area contributed by atoms with Crippen LogP contribution in [0.15, 0.2) is 48.5 Å². The maximum absolute atomic E-state index is 12.8. The molecule has 3 rings (SSSR count). The molecule has 1 unspecified atom stereocenters. The summed E-state index contributed by atoms with van der Waals surface area (Å²) in [7, 11) is 1.52. The lowest BCUT2D eigenvalue weighted by molar-refractivity contribution is -0.145. The Bertz CT molecular complexity index is 882. The van der Waals surface area contributed by atoms with Crippen LogP contribution < -0.4 is 15.4 Å². The van der Waals surface area contributed by atoms with Crippen molar-refractivity contribution in [1.29, 1.82) is 0 Å². The van der Waals surface area contributed by atoms with Gasteiger partial charge < -0.3 is 20.3 Å². The van der Waals surface area contributed by atoms with Crippen molar-refractivity contribution < 1.29 is 19.1 Å². The van der Waals surface area contributed by atoms with Crippen molar-refractivity contribution in [2.24, 2.45) is 0 Å². The quantitative estimate of drug-likeness (QED) is 0.800. The Balaban J connectivity index is 1.68. The fourth-order valence-corrected chi connectivity index (χ4v) is 3.20. The standard InChI is InChI=1S/C21H23N3O4/c1-14-7-6-10-17(28-2)20(14)23-18(25)11-16-21(27)24(13-19(26)22-16)12-15-8-4-3-5-9-15/h3-10,16H,11-13H2,1-2H3,(H,22,26)(H,23,25). The summed E-state index contributed by atoms with van der Waals surface area (Å²) in [6.07, 6.45) is -0.145. The molecule has 0 spiro atoms. The van der Waals surface area contributed by atoms with Gasteiger partial charge in [0.25, 0.3) is 0 Å². The van der Waals surface area contributed by atoms with Crippen molar-refractivity contribution in [1.82, 2.24) is 10.2 Å². The summed E-state index contributed by atoms with van der Waals surface area (Å²) in [6.45, 7) is 2.17. The molecule has 1 aliphatic rings. The molecule has 3 amide bonds. The van der Waals surface area contributed by atoms with E-state index in [2.05, 4.69) is 10.6 Å². The number of carbonyl (C=O) groups excluding carboxylic acids is 3. The van der Waals surface area contributed by atoms with Crippen molar-refractivity contribution in [3.05, 3.63) is 59.7 Å². The molecule has 1 fully saturated rings. The summed E-state index contributed by atoms with van der Waals surface area (Å²) < 4.78 is 5.28. The number of hydrogen-bond acceptors (Lipinski definition) is 4. The Morgan fingerprint density at radius 2 is 1.93 bits per heavy atom. The molecule has 1 saturated heterocycles. The highest BCUT2D eigenvalue weighted by atomic mass is 16.5. The molecule has 0 bridgehead atoms. The molecule has 7 nitrogen and oxygen atoms in total.